The smallest absolute Gasteiger partial charge is 0.211 e. The average Bonchev–Trinajstić information content (AvgIpc) is 2.46. The molecule has 0 bridgehead atoms. The maximum atomic E-state index is 12.8. The van der Waals surface area contributed by atoms with Crippen LogP contribution in [0, 0.1) is 11.7 Å². The van der Waals surface area contributed by atoms with E-state index in [0.29, 0.717) is 5.56 Å². The summed E-state index contributed by atoms with van der Waals surface area (Å²) in [4.78, 5) is 0. The van der Waals surface area contributed by atoms with E-state index in [-0.39, 0.29) is 24.0 Å². The molecule has 1 aliphatic carbocycles. The van der Waals surface area contributed by atoms with Crippen molar-refractivity contribution < 1.29 is 17.9 Å². The Morgan fingerprint density at radius 1 is 1.19 bits per heavy atom. The third kappa shape index (κ3) is 5.37. The first-order valence-electron chi connectivity index (χ1n) is 7.37. The lowest BCUT2D eigenvalue weighted by atomic mass is 9.91. The minimum atomic E-state index is -3.38. The van der Waals surface area contributed by atoms with E-state index >= 15 is 0 Å². The van der Waals surface area contributed by atoms with Crippen LogP contribution >= 0.6 is 0 Å². The van der Waals surface area contributed by atoms with Crippen LogP contribution in [-0.2, 0) is 10.0 Å². The van der Waals surface area contributed by atoms with Crippen LogP contribution in [0.25, 0.3) is 0 Å². The monoisotopic (exact) mass is 315 g/mol. The summed E-state index contributed by atoms with van der Waals surface area (Å²) in [5, 5.41) is 9.93. The van der Waals surface area contributed by atoms with Gasteiger partial charge in [0.25, 0.3) is 0 Å². The average molecular weight is 315 g/mol. The first kappa shape index (κ1) is 16.4. The van der Waals surface area contributed by atoms with Gasteiger partial charge in [-0.05, 0) is 36.5 Å². The van der Waals surface area contributed by atoms with Crippen molar-refractivity contribution in [1.29, 1.82) is 0 Å². The number of nitrogens with one attached hydrogen (secondary N) is 1. The van der Waals surface area contributed by atoms with Crippen molar-refractivity contribution in [3.05, 3.63) is 35.6 Å². The minimum Gasteiger partial charge on any atom is -0.387 e. The van der Waals surface area contributed by atoms with Crippen LogP contribution in [0.4, 0.5) is 4.39 Å². The van der Waals surface area contributed by atoms with Gasteiger partial charge in [-0.3, -0.25) is 0 Å². The van der Waals surface area contributed by atoms with Gasteiger partial charge in [-0.15, -0.1) is 0 Å². The second kappa shape index (κ2) is 7.33. The van der Waals surface area contributed by atoms with E-state index < -0.39 is 16.1 Å². The number of benzene rings is 1. The summed E-state index contributed by atoms with van der Waals surface area (Å²) in [5.41, 5.74) is 0.497. The molecule has 1 fully saturated rings. The summed E-state index contributed by atoms with van der Waals surface area (Å²) in [6.07, 6.45) is 4.33. The molecule has 0 saturated heterocycles. The lowest BCUT2D eigenvalue weighted by Gasteiger charge is -2.21. The molecule has 1 atom stereocenters. The zero-order chi connectivity index (χ0) is 15.3. The zero-order valence-corrected chi connectivity index (χ0v) is 12.8. The highest BCUT2D eigenvalue weighted by molar-refractivity contribution is 7.89. The highest BCUT2D eigenvalue weighted by Gasteiger charge is 2.22. The number of rotatable bonds is 6. The molecule has 0 heterocycles. The fourth-order valence-corrected chi connectivity index (χ4v) is 4.22. The van der Waals surface area contributed by atoms with Crippen LogP contribution in [-0.4, -0.2) is 25.8 Å². The molecule has 0 spiro atoms. The predicted molar refractivity (Wildman–Crippen MR) is 79.7 cm³/mol. The normalized spacial score (nSPS) is 18.6. The van der Waals surface area contributed by atoms with Crippen molar-refractivity contribution in [3.8, 4) is 0 Å². The van der Waals surface area contributed by atoms with E-state index in [1.165, 1.54) is 30.7 Å². The number of aliphatic hydroxyl groups excluding tert-OH is 1. The van der Waals surface area contributed by atoms with Crippen molar-refractivity contribution in [2.24, 2.45) is 5.92 Å². The summed E-state index contributed by atoms with van der Waals surface area (Å²) in [6, 6.07) is 5.40. The molecule has 1 aromatic rings. The largest absolute Gasteiger partial charge is 0.387 e. The van der Waals surface area contributed by atoms with Crippen molar-refractivity contribution in [1.82, 2.24) is 4.72 Å². The molecule has 118 valence electrons. The predicted octanol–water partition coefficient (Wildman–Crippen LogP) is 2.36. The molecule has 0 aliphatic heterocycles. The van der Waals surface area contributed by atoms with E-state index in [0.717, 1.165) is 25.7 Å². The molecule has 21 heavy (non-hydrogen) atoms. The Morgan fingerprint density at radius 3 is 2.43 bits per heavy atom. The van der Waals surface area contributed by atoms with E-state index in [9.17, 15) is 17.9 Å². The van der Waals surface area contributed by atoms with Gasteiger partial charge in [0.05, 0.1) is 11.9 Å². The van der Waals surface area contributed by atoms with Gasteiger partial charge in [0.1, 0.15) is 5.82 Å². The Hall–Kier alpha value is -0.980. The Balaban J connectivity index is 1.84. The lowest BCUT2D eigenvalue weighted by Crippen LogP contribution is -2.33. The quantitative estimate of drug-likeness (QED) is 0.847. The summed E-state index contributed by atoms with van der Waals surface area (Å²) in [7, 11) is -3.38. The Kier molecular flexibility index (Phi) is 5.72. The molecule has 0 radical (unpaired) electrons. The van der Waals surface area contributed by atoms with Crippen LogP contribution in [0.2, 0.25) is 0 Å². The topological polar surface area (TPSA) is 66.4 Å². The van der Waals surface area contributed by atoms with Gasteiger partial charge in [0, 0.05) is 6.54 Å². The summed E-state index contributed by atoms with van der Waals surface area (Å²) < 4.78 is 39.3. The van der Waals surface area contributed by atoms with Crippen molar-refractivity contribution in [3.63, 3.8) is 0 Å². The number of hydrogen-bond acceptors (Lipinski definition) is 3. The molecule has 1 aliphatic rings. The second-order valence-electron chi connectivity index (χ2n) is 5.70. The summed E-state index contributed by atoms with van der Waals surface area (Å²) in [5.74, 6) is -0.0357. The lowest BCUT2D eigenvalue weighted by molar-refractivity contribution is 0.182. The van der Waals surface area contributed by atoms with Gasteiger partial charge < -0.3 is 5.11 Å². The number of sulfonamides is 1. The highest BCUT2D eigenvalue weighted by atomic mass is 32.2. The molecule has 2 rings (SSSR count). The Bertz CT molecular complexity index is 539. The van der Waals surface area contributed by atoms with Gasteiger partial charge in [0.15, 0.2) is 0 Å². The number of hydrogen-bond donors (Lipinski definition) is 2. The van der Waals surface area contributed by atoms with Gasteiger partial charge in [-0.2, -0.15) is 0 Å². The number of halogens is 1. The third-order valence-electron chi connectivity index (χ3n) is 3.93. The molecular formula is C15H22FNO3S. The maximum Gasteiger partial charge on any atom is 0.211 e. The van der Waals surface area contributed by atoms with Gasteiger partial charge in [0.2, 0.25) is 10.0 Å². The minimum absolute atomic E-state index is 0.0827. The molecule has 0 amide bonds. The van der Waals surface area contributed by atoms with E-state index in [2.05, 4.69) is 4.72 Å². The van der Waals surface area contributed by atoms with Crippen LogP contribution in [0.3, 0.4) is 0 Å². The Morgan fingerprint density at radius 2 is 1.81 bits per heavy atom. The molecule has 2 N–H and O–H groups in total. The van der Waals surface area contributed by atoms with Crippen molar-refractivity contribution in [2.75, 3.05) is 12.3 Å². The molecule has 6 heteroatoms. The van der Waals surface area contributed by atoms with Crippen LogP contribution in [0.1, 0.15) is 43.8 Å². The third-order valence-corrected chi connectivity index (χ3v) is 5.45. The molecule has 1 saturated carbocycles. The van der Waals surface area contributed by atoms with Crippen LogP contribution in [0.15, 0.2) is 24.3 Å². The van der Waals surface area contributed by atoms with E-state index in [1.807, 2.05) is 0 Å². The van der Waals surface area contributed by atoms with Crippen molar-refractivity contribution in [2.45, 2.75) is 38.2 Å². The molecule has 1 unspecified atom stereocenters. The molecule has 1 aromatic carbocycles. The Labute approximate surface area is 125 Å². The van der Waals surface area contributed by atoms with Gasteiger partial charge in [-0.25, -0.2) is 17.5 Å². The van der Waals surface area contributed by atoms with Gasteiger partial charge >= 0.3 is 0 Å². The van der Waals surface area contributed by atoms with Gasteiger partial charge in [-0.1, -0.05) is 31.4 Å². The first-order chi connectivity index (χ1) is 9.96. The zero-order valence-electron chi connectivity index (χ0n) is 12.0. The fourth-order valence-electron chi connectivity index (χ4n) is 2.73. The molecule has 4 nitrogen and oxygen atoms in total. The van der Waals surface area contributed by atoms with E-state index in [4.69, 9.17) is 0 Å². The first-order valence-corrected chi connectivity index (χ1v) is 9.02. The van der Waals surface area contributed by atoms with E-state index in [1.54, 1.807) is 0 Å². The molecular weight excluding hydrogens is 293 g/mol. The van der Waals surface area contributed by atoms with Crippen LogP contribution in [0.5, 0.6) is 0 Å². The molecule has 0 aromatic heterocycles. The fraction of sp³-hybridized carbons (Fsp3) is 0.600. The standard InChI is InChI=1S/C15H22FNO3S/c16-14-8-6-13(7-9-14)15(18)10-17-21(19,20)11-12-4-2-1-3-5-12/h6-9,12,15,17-18H,1-5,10-11H2. The summed E-state index contributed by atoms with van der Waals surface area (Å²) in [6.45, 7) is -0.0827. The number of aliphatic hydroxyl groups is 1. The summed E-state index contributed by atoms with van der Waals surface area (Å²) >= 11 is 0. The SMILES string of the molecule is O=S(=O)(CC1CCCCC1)NCC(O)c1ccc(F)cc1. The maximum absolute atomic E-state index is 12.8. The van der Waals surface area contributed by atoms with Crippen LogP contribution < -0.4 is 4.72 Å². The highest BCUT2D eigenvalue weighted by Crippen LogP contribution is 2.24. The van der Waals surface area contributed by atoms with Crippen molar-refractivity contribution >= 4 is 10.0 Å². The second-order valence-corrected chi connectivity index (χ2v) is 7.55.